The van der Waals surface area contributed by atoms with E-state index in [0.717, 1.165) is 0 Å². The van der Waals surface area contributed by atoms with Gasteiger partial charge in [-0.25, -0.2) is 4.79 Å². The number of amides is 3. The van der Waals surface area contributed by atoms with Crippen LogP contribution < -0.4 is 34.9 Å². The lowest BCUT2D eigenvalue weighted by Crippen LogP contribution is -2.32. The van der Waals surface area contributed by atoms with Crippen molar-refractivity contribution in [2.45, 2.75) is 0 Å². The largest absolute Gasteiger partial charge is 0.488 e. The second-order valence-corrected chi connectivity index (χ2v) is 8.58. The fraction of sp³-hybridized carbons (Fsp3) is 0.241. The number of ether oxygens (including phenoxy) is 5. The first kappa shape index (κ1) is 28.7. The zero-order chi connectivity index (χ0) is 29.0. The highest BCUT2D eigenvalue weighted by molar-refractivity contribution is 6.06. The van der Waals surface area contributed by atoms with Crippen molar-refractivity contribution in [3.8, 4) is 23.0 Å². The lowest BCUT2D eigenvalue weighted by molar-refractivity contribution is -0.123. The molecule has 0 fully saturated rings. The van der Waals surface area contributed by atoms with E-state index in [1.165, 1.54) is 19.2 Å². The maximum Gasteiger partial charge on any atom is 0.337 e. The van der Waals surface area contributed by atoms with Gasteiger partial charge in [0, 0.05) is 5.56 Å². The van der Waals surface area contributed by atoms with Gasteiger partial charge in [0.05, 0.1) is 25.8 Å². The minimum absolute atomic E-state index is 0.0607. The topological polar surface area (TPSA) is 151 Å². The van der Waals surface area contributed by atoms with Crippen LogP contribution in [0.5, 0.6) is 23.0 Å². The molecule has 0 atom stereocenters. The summed E-state index contributed by atoms with van der Waals surface area (Å²) in [5, 5.41) is 8.13. The lowest BCUT2D eigenvalue weighted by Gasteiger charge is -2.17. The molecule has 0 spiro atoms. The van der Waals surface area contributed by atoms with Crippen LogP contribution >= 0.6 is 0 Å². The Morgan fingerprint density at radius 1 is 0.707 bits per heavy atom. The van der Waals surface area contributed by atoms with Crippen molar-refractivity contribution in [2.75, 3.05) is 51.9 Å². The number of nitrogens with one attached hydrogen (secondary N) is 3. The molecule has 2 bridgehead atoms. The predicted molar refractivity (Wildman–Crippen MR) is 147 cm³/mol. The number of carbonyl (C=O) groups is 4. The Balaban J connectivity index is 1.51. The van der Waals surface area contributed by atoms with E-state index < -0.39 is 23.7 Å². The van der Waals surface area contributed by atoms with Gasteiger partial charge in [0.2, 0.25) is 0 Å². The fourth-order valence-corrected chi connectivity index (χ4v) is 3.73. The number of methoxy groups -OCH3 is 1. The number of para-hydroxylation sites is 1. The molecule has 0 saturated heterocycles. The molecule has 0 radical (unpaired) electrons. The zero-order valence-electron chi connectivity index (χ0n) is 22.3. The number of hydrogen-bond donors (Lipinski definition) is 3. The van der Waals surface area contributed by atoms with Gasteiger partial charge in [0.25, 0.3) is 17.7 Å². The summed E-state index contributed by atoms with van der Waals surface area (Å²) >= 11 is 0. The Morgan fingerprint density at radius 3 is 1.93 bits per heavy atom. The van der Waals surface area contributed by atoms with Crippen LogP contribution in [0, 0.1) is 0 Å². The molecule has 41 heavy (non-hydrogen) atoms. The quantitative estimate of drug-likeness (QED) is 0.408. The smallest absolute Gasteiger partial charge is 0.337 e. The number of carbonyl (C=O) groups excluding carboxylic acids is 4. The molecule has 0 saturated carbocycles. The Hall–Kier alpha value is -5.26. The van der Waals surface area contributed by atoms with Crippen LogP contribution in [-0.2, 0) is 14.3 Å². The van der Waals surface area contributed by atoms with Gasteiger partial charge in [-0.3, -0.25) is 14.4 Å². The molecule has 0 aliphatic carbocycles. The summed E-state index contributed by atoms with van der Waals surface area (Å²) in [6, 6.07) is 17.8. The average molecular weight is 564 g/mol. The number of esters is 1. The van der Waals surface area contributed by atoms with Crippen LogP contribution in [0.15, 0.2) is 66.7 Å². The van der Waals surface area contributed by atoms with E-state index >= 15 is 0 Å². The monoisotopic (exact) mass is 563 g/mol. The van der Waals surface area contributed by atoms with Crippen molar-refractivity contribution in [3.05, 3.63) is 77.9 Å². The Bertz CT molecular complexity index is 1400. The second-order valence-electron chi connectivity index (χ2n) is 8.58. The van der Waals surface area contributed by atoms with E-state index in [-0.39, 0.29) is 68.0 Å². The summed E-state index contributed by atoms with van der Waals surface area (Å²) in [5.41, 5.74) is 0.824. The van der Waals surface area contributed by atoms with E-state index in [9.17, 15) is 19.2 Å². The van der Waals surface area contributed by atoms with Gasteiger partial charge >= 0.3 is 5.97 Å². The molecule has 1 heterocycles. The van der Waals surface area contributed by atoms with Crippen molar-refractivity contribution in [2.24, 2.45) is 0 Å². The Labute approximate surface area is 235 Å². The van der Waals surface area contributed by atoms with Gasteiger partial charge in [-0.2, -0.15) is 0 Å². The van der Waals surface area contributed by atoms with Gasteiger partial charge in [-0.1, -0.05) is 24.3 Å². The highest BCUT2D eigenvalue weighted by atomic mass is 16.5. The van der Waals surface area contributed by atoms with E-state index in [1.807, 2.05) is 0 Å². The van der Waals surface area contributed by atoms with Gasteiger partial charge < -0.3 is 39.6 Å². The van der Waals surface area contributed by atoms with Crippen molar-refractivity contribution >= 4 is 29.4 Å². The standard InChI is InChI=1S/C29H29N3O9/c1-37-29(36)20-10-11-21-24(16-20)39-15-13-31-26(34)18-41-23-9-5-8-22(40-17-25(33)30-12-14-38-21)27(23)32-28(35)19-6-3-2-4-7-19/h2-11,16H,12-15,17-18H2,1H3,(H,30,33)(H,31,34)(H,32,35). The molecule has 0 unspecified atom stereocenters. The number of rotatable bonds is 3. The Kier molecular flexibility index (Phi) is 9.97. The van der Waals surface area contributed by atoms with Crippen molar-refractivity contribution < 1.29 is 42.9 Å². The minimum Gasteiger partial charge on any atom is -0.488 e. The third-order valence-corrected chi connectivity index (χ3v) is 5.71. The van der Waals surface area contributed by atoms with Crippen molar-refractivity contribution in [1.82, 2.24) is 10.6 Å². The first-order valence-corrected chi connectivity index (χ1v) is 12.7. The summed E-state index contributed by atoms with van der Waals surface area (Å²) in [5.74, 6) is -0.899. The van der Waals surface area contributed by atoms with Crippen LogP contribution in [0.2, 0.25) is 0 Å². The molecule has 4 rings (SSSR count). The molecule has 1 aliphatic heterocycles. The fourth-order valence-electron chi connectivity index (χ4n) is 3.73. The molecule has 1 aliphatic rings. The predicted octanol–water partition coefficient (Wildman–Crippen LogP) is 2.19. The first-order valence-electron chi connectivity index (χ1n) is 12.7. The highest BCUT2D eigenvalue weighted by Gasteiger charge is 2.18. The number of fused-ring (bicyclic) bond motifs is 3. The molecular formula is C29H29N3O9. The van der Waals surface area contributed by atoms with Gasteiger partial charge in [0.15, 0.2) is 24.7 Å². The minimum atomic E-state index is -0.548. The van der Waals surface area contributed by atoms with E-state index in [4.69, 9.17) is 23.7 Å². The number of hydrogen-bond acceptors (Lipinski definition) is 9. The lowest BCUT2D eigenvalue weighted by atomic mass is 10.2. The Morgan fingerprint density at radius 2 is 1.32 bits per heavy atom. The summed E-state index contributed by atoms with van der Waals surface area (Å²) < 4.78 is 27.7. The maximum atomic E-state index is 12.9. The van der Waals surface area contributed by atoms with Gasteiger partial charge in [0.1, 0.15) is 30.4 Å². The molecule has 214 valence electrons. The molecule has 3 amide bonds. The molecular weight excluding hydrogens is 534 g/mol. The second kappa shape index (κ2) is 14.2. The van der Waals surface area contributed by atoms with Crippen LogP contribution in [0.3, 0.4) is 0 Å². The number of benzene rings is 3. The third-order valence-electron chi connectivity index (χ3n) is 5.71. The van der Waals surface area contributed by atoms with E-state index in [0.29, 0.717) is 11.3 Å². The molecule has 12 nitrogen and oxygen atoms in total. The van der Waals surface area contributed by atoms with Crippen LogP contribution in [0.4, 0.5) is 5.69 Å². The highest BCUT2D eigenvalue weighted by Crippen LogP contribution is 2.35. The third kappa shape index (κ3) is 8.12. The maximum absolute atomic E-state index is 12.9. The summed E-state index contributed by atoms with van der Waals surface area (Å²) in [6.45, 7) is -0.300. The normalized spacial score (nSPS) is 14.4. The first-order chi connectivity index (χ1) is 19.9. The summed E-state index contributed by atoms with van der Waals surface area (Å²) in [6.07, 6.45) is 0. The van der Waals surface area contributed by atoms with Gasteiger partial charge in [-0.05, 0) is 42.5 Å². The van der Waals surface area contributed by atoms with Crippen molar-refractivity contribution in [1.29, 1.82) is 0 Å². The molecule has 3 N–H and O–H groups in total. The van der Waals surface area contributed by atoms with Crippen LogP contribution in [0.25, 0.3) is 0 Å². The molecule has 12 heteroatoms. The van der Waals surface area contributed by atoms with Crippen LogP contribution in [-0.4, -0.2) is 70.3 Å². The van der Waals surface area contributed by atoms with Crippen LogP contribution in [0.1, 0.15) is 20.7 Å². The SMILES string of the molecule is COC(=O)c1ccc2c(c1)OCCNC(=O)COc1cccc(c1NC(=O)c1ccccc1)OCC(=O)NCCO2. The molecule has 3 aromatic rings. The molecule has 0 aromatic heterocycles. The zero-order valence-corrected chi connectivity index (χ0v) is 22.3. The van der Waals surface area contributed by atoms with Crippen molar-refractivity contribution in [3.63, 3.8) is 0 Å². The summed E-state index contributed by atoms with van der Waals surface area (Å²) in [4.78, 5) is 49.8. The van der Waals surface area contributed by atoms with E-state index in [1.54, 1.807) is 54.6 Å². The van der Waals surface area contributed by atoms with E-state index in [2.05, 4.69) is 16.0 Å². The molecule has 3 aromatic carbocycles. The average Bonchev–Trinajstić information content (AvgIpc) is 3.00. The summed E-state index contributed by atoms with van der Waals surface area (Å²) in [7, 11) is 1.27. The number of anilines is 1. The van der Waals surface area contributed by atoms with Gasteiger partial charge in [-0.15, -0.1) is 0 Å².